The molecule has 4 amide bonds. The summed E-state index contributed by atoms with van der Waals surface area (Å²) in [7, 11) is 0. The fraction of sp³-hybridized carbons (Fsp3) is 0.0400. The highest BCUT2D eigenvalue weighted by atomic mass is 16.5. The van der Waals surface area contributed by atoms with Gasteiger partial charge in [0.2, 0.25) is 0 Å². The zero-order valence-electron chi connectivity index (χ0n) is 18.1. The van der Waals surface area contributed by atoms with Crippen LogP contribution >= 0.6 is 0 Å². The topological polar surface area (TPSA) is 131 Å². The Bertz CT molecular complexity index is 1280. The van der Waals surface area contributed by atoms with Gasteiger partial charge in [-0.25, -0.2) is 9.59 Å². The molecule has 170 valence electrons. The molecule has 5 N–H and O–H groups in total. The predicted octanol–water partition coefficient (Wildman–Crippen LogP) is 4.86. The minimum absolute atomic E-state index is 0.196. The lowest BCUT2D eigenvalue weighted by molar-refractivity contribution is 0.259. The molecule has 4 rings (SSSR count). The first-order chi connectivity index (χ1) is 16.6. The van der Waals surface area contributed by atoms with Crippen molar-refractivity contribution in [1.82, 2.24) is 10.2 Å². The van der Waals surface area contributed by atoms with Crippen molar-refractivity contribution in [1.29, 1.82) is 0 Å². The summed E-state index contributed by atoms with van der Waals surface area (Å²) >= 11 is 0. The van der Waals surface area contributed by atoms with Gasteiger partial charge in [0.15, 0.2) is 5.82 Å². The van der Waals surface area contributed by atoms with Gasteiger partial charge in [0, 0.05) is 28.6 Å². The number of para-hydroxylation sites is 1. The Balaban J connectivity index is 1.37. The van der Waals surface area contributed by atoms with E-state index in [1.807, 2.05) is 48.5 Å². The number of nitrogens with zero attached hydrogens (tertiary/aromatic N) is 2. The number of nitrogens with two attached hydrogens (primary N) is 1. The van der Waals surface area contributed by atoms with Crippen molar-refractivity contribution in [2.75, 3.05) is 16.0 Å². The van der Waals surface area contributed by atoms with E-state index in [1.165, 1.54) is 0 Å². The molecule has 0 unspecified atom stereocenters. The molecule has 0 spiro atoms. The van der Waals surface area contributed by atoms with Crippen LogP contribution in [0.5, 0.6) is 5.75 Å². The van der Waals surface area contributed by atoms with Crippen LogP contribution in [0.3, 0.4) is 0 Å². The average Bonchev–Trinajstić information content (AvgIpc) is 2.84. The smallest absolute Gasteiger partial charge is 0.324 e. The Morgan fingerprint density at radius 2 is 1.59 bits per heavy atom. The van der Waals surface area contributed by atoms with Crippen LogP contribution in [0.4, 0.5) is 26.8 Å². The molecule has 0 radical (unpaired) electrons. The molecular weight excluding hydrogens is 432 g/mol. The summed E-state index contributed by atoms with van der Waals surface area (Å²) in [6, 6.07) is 26.1. The van der Waals surface area contributed by atoms with E-state index in [0.29, 0.717) is 28.6 Å². The van der Waals surface area contributed by atoms with Gasteiger partial charge in [-0.15, -0.1) is 10.2 Å². The summed E-state index contributed by atoms with van der Waals surface area (Å²) in [5.74, 6) is 0.865. The first kappa shape index (κ1) is 22.3. The Hall–Kier alpha value is -4.92. The normalized spacial score (nSPS) is 10.2. The molecular formula is C25H22N6O3. The second-order valence-corrected chi connectivity index (χ2v) is 7.21. The van der Waals surface area contributed by atoms with Crippen LogP contribution in [-0.2, 0) is 6.61 Å². The van der Waals surface area contributed by atoms with Crippen LogP contribution in [0.1, 0.15) is 5.56 Å². The Kier molecular flexibility index (Phi) is 6.94. The molecule has 0 aliphatic carbocycles. The second kappa shape index (κ2) is 10.6. The van der Waals surface area contributed by atoms with Crippen LogP contribution in [0, 0.1) is 0 Å². The molecule has 0 saturated carbocycles. The van der Waals surface area contributed by atoms with E-state index in [1.54, 1.807) is 42.5 Å². The number of benzene rings is 3. The van der Waals surface area contributed by atoms with Crippen LogP contribution in [0.25, 0.3) is 11.3 Å². The van der Waals surface area contributed by atoms with E-state index in [4.69, 9.17) is 10.5 Å². The van der Waals surface area contributed by atoms with Crippen LogP contribution < -0.4 is 26.4 Å². The number of primary amides is 1. The summed E-state index contributed by atoms with van der Waals surface area (Å²) in [5.41, 5.74) is 8.67. The van der Waals surface area contributed by atoms with Gasteiger partial charge in [0.05, 0.1) is 5.69 Å². The molecule has 0 saturated heterocycles. The number of hydrogen-bond donors (Lipinski definition) is 4. The van der Waals surface area contributed by atoms with Crippen LogP contribution in [0.2, 0.25) is 0 Å². The van der Waals surface area contributed by atoms with Gasteiger partial charge < -0.3 is 21.1 Å². The maximum Gasteiger partial charge on any atom is 0.324 e. The first-order valence-corrected chi connectivity index (χ1v) is 10.4. The number of carbonyl (C=O) groups is 2. The van der Waals surface area contributed by atoms with Crippen molar-refractivity contribution in [3.05, 3.63) is 96.6 Å². The summed E-state index contributed by atoms with van der Waals surface area (Å²) in [4.78, 5) is 23.6. The summed E-state index contributed by atoms with van der Waals surface area (Å²) in [6.45, 7) is 0.196. The van der Waals surface area contributed by atoms with Crippen molar-refractivity contribution in [3.63, 3.8) is 0 Å². The number of rotatable bonds is 7. The van der Waals surface area contributed by atoms with Crippen molar-refractivity contribution >= 4 is 29.3 Å². The lowest BCUT2D eigenvalue weighted by Gasteiger charge is -2.13. The van der Waals surface area contributed by atoms with Crippen LogP contribution in [0.15, 0.2) is 91.0 Å². The Morgan fingerprint density at radius 3 is 2.35 bits per heavy atom. The zero-order chi connectivity index (χ0) is 23.8. The van der Waals surface area contributed by atoms with Gasteiger partial charge in [-0.1, -0.05) is 54.6 Å². The minimum Gasteiger partial charge on any atom is -0.489 e. The molecule has 9 heteroatoms. The van der Waals surface area contributed by atoms with Gasteiger partial charge in [0.25, 0.3) is 0 Å². The number of anilines is 3. The van der Waals surface area contributed by atoms with Crippen molar-refractivity contribution < 1.29 is 14.3 Å². The van der Waals surface area contributed by atoms with Crippen molar-refractivity contribution in [2.45, 2.75) is 6.61 Å². The van der Waals surface area contributed by atoms with E-state index in [-0.39, 0.29) is 6.61 Å². The monoisotopic (exact) mass is 454 g/mol. The highest BCUT2D eigenvalue weighted by Crippen LogP contribution is 2.22. The fourth-order valence-corrected chi connectivity index (χ4v) is 3.17. The van der Waals surface area contributed by atoms with E-state index in [2.05, 4.69) is 26.1 Å². The zero-order valence-corrected chi connectivity index (χ0v) is 18.1. The summed E-state index contributed by atoms with van der Waals surface area (Å²) < 4.78 is 5.82. The summed E-state index contributed by atoms with van der Waals surface area (Å²) in [6.07, 6.45) is 0. The molecule has 0 atom stereocenters. The number of aromatic nitrogens is 2. The van der Waals surface area contributed by atoms with Gasteiger partial charge >= 0.3 is 12.1 Å². The van der Waals surface area contributed by atoms with Gasteiger partial charge in [-0.3, -0.25) is 5.32 Å². The quantitative estimate of drug-likeness (QED) is 0.317. The largest absolute Gasteiger partial charge is 0.489 e. The van der Waals surface area contributed by atoms with Crippen LogP contribution in [-0.4, -0.2) is 22.3 Å². The number of nitrogens with one attached hydrogen (secondary N) is 3. The lowest BCUT2D eigenvalue weighted by Crippen LogP contribution is -2.21. The Morgan fingerprint density at radius 1 is 0.794 bits per heavy atom. The van der Waals surface area contributed by atoms with Gasteiger partial charge in [-0.2, -0.15) is 0 Å². The Labute approximate surface area is 196 Å². The standard InChI is InChI=1S/C25H22N6O3/c26-24(32)27-19-10-6-11-20(15-19)34-16-18-9-4-5-12-21(18)28-25(33)29-23-14-13-22(30-31-23)17-7-2-1-3-8-17/h1-15H,16H2,(H3,26,27,32)(H2,28,29,31,33). The lowest BCUT2D eigenvalue weighted by atomic mass is 10.1. The van der Waals surface area contributed by atoms with E-state index in [0.717, 1.165) is 11.1 Å². The third-order valence-corrected chi connectivity index (χ3v) is 4.74. The summed E-state index contributed by atoms with van der Waals surface area (Å²) in [5, 5.41) is 16.2. The van der Waals surface area contributed by atoms with Gasteiger partial charge in [0.1, 0.15) is 12.4 Å². The predicted molar refractivity (Wildman–Crippen MR) is 131 cm³/mol. The molecule has 4 aromatic rings. The molecule has 0 bridgehead atoms. The third kappa shape index (κ3) is 6.07. The van der Waals surface area contributed by atoms with E-state index < -0.39 is 12.1 Å². The van der Waals surface area contributed by atoms with Crippen molar-refractivity contribution in [2.24, 2.45) is 5.73 Å². The molecule has 1 heterocycles. The molecule has 0 fully saturated rings. The number of ether oxygens (including phenoxy) is 1. The second-order valence-electron chi connectivity index (χ2n) is 7.21. The van der Waals surface area contributed by atoms with E-state index >= 15 is 0 Å². The molecule has 3 aromatic carbocycles. The molecule has 34 heavy (non-hydrogen) atoms. The maximum atomic E-state index is 12.5. The van der Waals surface area contributed by atoms with E-state index in [9.17, 15) is 9.59 Å². The fourth-order valence-electron chi connectivity index (χ4n) is 3.17. The minimum atomic E-state index is -0.655. The van der Waals surface area contributed by atoms with Crippen molar-refractivity contribution in [3.8, 4) is 17.0 Å². The highest BCUT2D eigenvalue weighted by Gasteiger charge is 2.09. The third-order valence-electron chi connectivity index (χ3n) is 4.74. The van der Waals surface area contributed by atoms with Gasteiger partial charge in [-0.05, 0) is 30.3 Å². The molecule has 9 nitrogen and oxygen atoms in total. The average molecular weight is 454 g/mol. The first-order valence-electron chi connectivity index (χ1n) is 10.4. The molecule has 0 aliphatic rings. The number of carbonyl (C=O) groups excluding carboxylic acids is 2. The molecule has 1 aromatic heterocycles. The SMILES string of the molecule is NC(=O)Nc1cccc(OCc2ccccc2NC(=O)Nc2ccc(-c3ccccc3)nn2)c1. The molecule has 0 aliphatic heterocycles. The number of urea groups is 2. The maximum absolute atomic E-state index is 12.5. The highest BCUT2D eigenvalue weighted by molar-refractivity contribution is 5.99. The number of hydrogen-bond acceptors (Lipinski definition) is 5. The number of amides is 4.